The molecule has 16 heavy (non-hydrogen) atoms. The molecule has 0 bridgehead atoms. The number of hydrogen-bond donors (Lipinski definition) is 1. The van der Waals surface area contributed by atoms with Crippen LogP contribution >= 0.6 is 11.8 Å². The summed E-state index contributed by atoms with van der Waals surface area (Å²) in [5, 5.41) is 4.62. The first-order chi connectivity index (χ1) is 7.74. The van der Waals surface area contributed by atoms with Crippen molar-refractivity contribution in [3.63, 3.8) is 0 Å². The van der Waals surface area contributed by atoms with Crippen LogP contribution in [-0.2, 0) is 0 Å². The summed E-state index contributed by atoms with van der Waals surface area (Å²) in [6.07, 6.45) is 2.56. The Bertz CT molecular complexity index is 376. The Labute approximate surface area is 101 Å². The van der Waals surface area contributed by atoms with Gasteiger partial charge >= 0.3 is 0 Å². The molecule has 1 aromatic rings. The zero-order valence-electron chi connectivity index (χ0n) is 9.90. The van der Waals surface area contributed by atoms with Gasteiger partial charge in [-0.2, -0.15) is 0 Å². The molecular formula is C13H19NOS. The fourth-order valence-corrected chi connectivity index (χ4v) is 3.55. The van der Waals surface area contributed by atoms with E-state index in [0.717, 1.165) is 23.5 Å². The number of furan rings is 1. The van der Waals surface area contributed by atoms with Crippen molar-refractivity contribution in [3.8, 4) is 0 Å². The first-order valence-electron chi connectivity index (χ1n) is 6.22. The third-order valence-corrected chi connectivity index (χ3v) is 5.00. The Morgan fingerprint density at radius 2 is 2.06 bits per heavy atom. The van der Waals surface area contributed by atoms with Gasteiger partial charge in [0, 0.05) is 11.2 Å². The molecule has 4 unspecified atom stereocenters. The van der Waals surface area contributed by atoms with Gasteiger partial charge in [0.25, 0.3) is 0 Å². The van der Waals surface area contributed by atoms with Crippen LogP contribution in [0.4, 0.5) is 0 Å². The molecular weight excluding hydrogens is 218 g/mol. The van der Waals surface area contributed by atoms with Crippen molar-refractivity contribution in [2.24, 2.45) is 5.92 Å². The summed E-state index contributed by atoms with van der Waals surface area (Å²) in [6, 6.07) is 4.33. The molecule has 0 amide bonds. The van der Waals surface area contributed by atoms with Crippen LogP contribution in [0.1, 0.15) is 49.5 Å². The van der Waals surface area contributed by atoms with E-state index in [1.807, 2.05) is 11.8 Å². The number of hydrogen-bond acceptors (Lipinski definition) is 3. The molecule has 0 spiro atoms. The second-order valence-electron chi connectivity index (χ2n) is 5.13. The molecule has 3 heteroatoms. The largest absolute Gasteiger partial charge is 0.463 e. The molecule has 1 saturated heterocycles. The normalized spacial score (nSPS) is 38.6. The molecule has 0 radical (unpaired) electrons. The molecule has 2 aliphatic rings. The quantitative estimate of drug-likeness (QED) is 0.852. The van der Waals surface area contributed by atoms with E-state index in [4.69, 9.17) is 4.42 Å². The first-order valence-corrected chi connectivity index (χ1v) is 7.17. The van der Waals surface area contributed by atoms with E-state index in [0.29, 0.717) is 11.3 Å². The van der Waals surface area contributed by atoms with Gasteiger partial charge in [-0.15, -0.1) is 11.8 Å². The molecule has 4 atom stereocenters. The van der Waals surface area contributed by atoms with Gasteiger partial charge in [0.15, 0.2) is 0 Å². The van der Waals surface area contributed by atoms with Crippen molar-refractivity contribution in [2.75, 3.05) is 6.54 Å². The summed E-state index contributed by atoms with van der Waals surface area (Å²) >= 11 is 1.98. The van der Waals surface area contributed by atoms with Gasteiger partial charge in [0.1, 0.15) is 16.9 Å². The molecule has 2 fully saturated rings. The monoisotopic (exact) mass is 237 g/mol. The number of thioether (sulfide) groups is 1. The fraction of sp³-hybridized carbons (Fsp3) is 0.692. The highest BCUT2D eigenvalue weighted by Gasteiger charge is 2.37. The highest BCUT2D eigenvalue weighted by molar-refractivity contribution is 8.00. The van der Waals surface area contributed by atoms with Crippen LogP contribution < -0.4 is 5.32 Å². The second kappa shape index (κ2) is 4.11. The molecule has 1 aromatic heterocycles. The van der Waals surface area contributed by atoms with Crippen molar-refractivity contribution in [3.05, 3.63) is 23.7 Å². The molecule has 1 aliphatic heterocycles. The maximum Gasteiger partial charge on any atom is 0.131 e. The van der Waals surface area contributed by atoms with Gasteiger partial charge in [0.2, 0.25) is 0 Å². The van der Waals surface area contributed by atoms with Crippen LogP contribution in [0.3, 0.4) is 0 Å². The van der Waals surface area contributed by atoms with Crippen LogP contribution in [0.15, 0.2) is 16.5 Å². The summed E-state index contributed by atoms with van der Waals surface area (Å²) in [6.45, 7) is 5.70. The maximum absolute atomic E-state index is 5.98. The van der Waals surface area contributed by atoms with Crippen LogP contribution in [0.5, 0.6) is 0 Å². The Balaban J connectivity index is 1.71. The van der Waals surface area contributed by atoms with Crippen molar-refractivity contribution >= 4 is 11.8 Å². The van der Waals surface area contributed by atoms with E-state index < -0.39 is 0 Å². The summed E-state index contributed by atoms with van der Waals surface area (Å²) in [5.74, 6) is 3.83. The van der Waals surface area contributed by atoms with E-state index in [9.17, 15) is 0 Å². The Morgan fingerprint density at radius 1 is 1.31 bits per heavy atom. The van der Waals surface area contributed by atoms with E-state index in [2.05, 4.69) is 31.3 Å². The smallest absolute Gasteiger partial charge is 0.131 e. The van der Waals surface area contributed by atoms with Crippen molar-refractivity contribution in [1.29, 1.82) is 0 Å². The lowest BCUT2D eigenvalue weighted by atomic mass is 10.3. The fourth-order valence-electron chi connectivity index (χ4n) is 2.36. The zero-order valence-corrected chi connectivity index (χ0v) is 10.7. The first kappa shape index (κ1) is 10.7. The van der Waals surface area contributed by atoms with Gasteiger partial charge in [-0.25, -0.2) is 0 Å². The summed E-state index contributed by atoms with van der Waals surface area (Å²) < 4.78 is 5.98. The Hall–Kier alpha value is -0.410. The van der Waals surface area contributed by atoms with Gasteiger partial charge in [-0.3, -0.25) is 5.32 Å². The lowest BCUT2D eigenvalue weighted by Gasteiger charge is -2.26. The van der Waals surface area contributed by atoms with Gasteiger partial charge in [0.05, 0.1) is 0 Å². The summed E-state index contributed by atoms with van der Waals surface area (Å²) in [4.78, 5) is 0. The highest BCUT2D eigenvalue weighted by atomic mass is 32.2. The number of nitrogens with one attached hydrogen (secondary N) is 1. The average molecular weight is 237 g/mol. The predicted octanol–water partition coefficient (Wildman–Crippen LogP) is 3.52. The maximum atomic E-state index is 5.98. The molecule has 0 aromatic carbocycles. The minimum atomic E-state index is 0.367. The van der Waals surface area contributed by atoms with E-state index in [1.165, 1.54) is 18.6 Å². The Morgan fingerprint density at radius 3 is 2.75 bits per heavy atom. The van der Waals surface area contributed by atoms with Crippen LogP contribution in [0.2, 0.25) is 0 Å². The van der Waals surface area contributed by atoms with Crippen molar-refractivity contribution in [2.45, 2.75) is 43.2 Å². The van der Waals surface area contributed by atoms with Crippen LogP contribution in [-0.4, -0.2) is 11.8 Å². The second-order valence-corrected chi connectivity index (χ2v) is 6.68. The lowest BCUT2D eigenvalue weighted by Crippen LogP contribution is -2.28. The number of rotatable bonds is 2. The van der Waals surface area contributed by atoms with Crippen LogP contribution in [0, 0.1) is 5.92 Å². The standard InChI is InChI=1S/C13H19NOS/c1-8-7-10(8)11-3-4-12(15-11)13-14-6-5-9(2)16-13/h3-4,8-10,13-14H,5-7H2,1-2H3. The van der Waals surface area contributed by atoms with Crippen molar-refractivity contribution < 1.29 is 4.42 Å². The molecule has 2 nitrogen and oxygen atoms in total. The third-order valence-electron chi connectivity index (χ3n) is 3.63. The summed E-state index contributed by atoms with van der Waals surface area (Å²) in [5.41, 5.74) is 0. The minimum absolute atomic E-state index is 0.367. The Kier molecular flexibility index (Phi) is 2.76. The highest BCUT2D eigenvalue weighted by Crippen LogP contribution is 2.48. The van der Waals surface area contributed by atoms with Crippen LogP contribution in [0.25, 0.3) is 0 Å². The third kappa shape index (κ3) is 2.03. The molecule has 1 aliphatic carbocycles. The van der Waals surface area contributed by atoms with E-state index in [-0.39, 0.29) is 0 Å². The topological polar surface area (TPSA) is 25.2 Å². The predicted molar refractivity (Wildman–Crippen MR) is 67.6 cm³/mol. The van der Waals surface area contributed by atoms with Gasteiger partial charge in [-0.05, 0) is 37.4 Å². The van der Waals surface area contributed by atoms with Gasteiger partial charge in [-0.1, -0.05) is 13.8 Å². The van der Waals surface area contributed by atoms with E-state index in [1.54, 1.807) is 0 Å². The molecule has 1 N–H and O–H groups in total. The van der Waals surface area contributed by atoms with E-state index >= 15 is 0 Å². The molecule has 2 heterocycles. The zero-order chi connectivity index (χ0) is 11.1. The SMILES string of the molecule is CC1CCNC(c2ccc(C3CC3C)o2)S1. The lowest BCUT2D eigenvalue weighted by molar-refractivity contribution is 0.433. The minimum Gasteiger partial charge on any atom is -0.463 e. The molecule has 3 rings (SSSR count). The molecule has 1 saturated carbocycles. The molecule has 88 valence electrons. The van der Waals surface area contributed by atoms with Gasteiger partial charge < -0.3 is 4.42 Å². The summed E-state index contributed by atoms with van der Waals surface area (Å²) in [7, 11) is 0. The van der Waals surface area contributed by atoms with Crippen molar-refractivity contribution in [1.82, 2.24) is 5.32 Å². The average Bonchev–Trinajstić information content (AvgIpc) is 2.81.